The molecule has 37 heavy (non-hydrogen) atoms. The third-order valence-corrected chi connectivity index (χ3v) is 7.04. The lowest BCUT2D eigenvalue weighted by molar-refractivity contribution is 0.102. The number of halogens is 2. The Balaban J connectivity index is 1.64. The maximum absolute atomic E-state index is 12.8. The minimum absolute atomic E-state index is 0.146. The fraction of sp³-hybridized carbons (Fsp3) is 0.0312. The summed E-state index contributed by atoms with van der Waals surface area (Å²) in [6.07, 6.45) is 0. The average Bonchev–Trinajstić information content (AvgIpc) is 2.92. The first-order valence-electron chi connectivity index (χ1n) is 11.8. The third kappa shape index (κ3) is 4.72. The first-order chi connectivity index (χ1) is 18.0. The van der Waals surface area contributed by atoms with Gasteiger partial charge in [0.1, 0.15) is 5.75 Å². The summed E-state index contributed by atoms with van der Waals surface area (Å²) in [4.78, 5) is 12.8. The average molecular weight is 524 g/mol. The molecule has 0 bridgehead atoms. The summed E-state index contributed by atoms with van der Waals surface area (Å²) in [5, 5.41) is 14.0. The van der Waals surface area contributed by atoms with Gasteiger partial charge in [0.05, 0.1) is 11.0 Å². The molecule has 0 unspecified atom stereocenters. The van der Waals surface area contributed by atoms with Crippen molar-refractivity contribution in [1.82, 2.24) is 0 Å². The molecule has 5 rings (SSSR count). The number of benzene rings is 5. The van der Waals surface area contributed by atoms with Crippen molar-refractivity contribution in [1.29, 1.82) is 0 Å². The Morgan fingerprint density at radius 2 is 1.19 bits per heavy atom. The molecular weight excluding hydrogens is 501 g/mol. The number of phenols is 1. The number of carbonyl (C=O) groups is 1. The second kappa shape index (κ2) is 10.5. The van der Waals surface area contributed by atoms with Crippen molar-refractivity contribution in [3.05, 3.63) is 165 Å². The van der Waals surface area contributed by atoms with Crippen molar-refractivity contribution >= 4 is 34.8 Å². The van der Waals surface area contributed by atoms with Crippen LogP contribution in [0.15, 0.2) is 127 Å². The molecule has 0 atom stereocenters. The standard InChI is InChI=1S/C32H23Cl2NO2/c33-25-17-20-27(30(36)21-25)31(37)35-26-18-15-24(16-19-26)32(22-9-3-1-4-10-22,23-11-5-2-6-12-23)28-13-7-8-14-29(28)34/h1-21,36H,(H,35,37). The van der Waals surface area contributed by atoms with Gasteiger partial charge in [-0.2, -0.15) is 0 Å². The van der Waals surface area contributed by atoms with Crippen LogP contribution in [0.5, 0.6) is 5.75 Å². The van der Waals surface area contributed by atoms with Crippen molar-refractivity contribution < 1.29 is 9.90 Å². The number of aromatic hydroxyl groups is 1. The molecular formula is C32H23Cl2NO2. The summed E-state index contributed by atoms with van der Waals surface area (Å²) in [6, 6.07) is 40.5. The molecule has 0 aliphatic carbocycles. The van der Waals surface area contributed by atoms with Crippen LogP contribution in [0.2, 0.25) is 10.0 Å². The maximum atomic E-state index is 12.8. The van der Waals surface area contributed by atoms with Crippen LogP contribution in [0.25, 0.3) is 0 Å². The lowest BCUT2D eigenvalue weighted by atomic mass is 9.65. The third-order valence-electron chi connectivity index (χ3n) is 6.47. The highest BCUT2D eigenvalue weighted by molar-refractivity contribution is 6.31. The van der Waals surface area contributed by atoms with Gasteiger partial charge >= 0.3 is 0 Å². The zero-order valence-electron chi connectivity index (χ0n) is 19.7. The van der Waals surface area contributed by atoms with E-state index in [1.165, 1.54) is 12.1 Å². The minimum Gasteiger partial charge on any atom is -0.507 e. The largest absolute Gasteiger partial charge is 0.507 e. The highest BCUT2D eigenvalue weighted by Gasteiger charge is 2.39. The second-order valence-electron chi connectivity index (χ2n) is 8.65. The van der Waals surface area contributed by atoms with Crippen LogP contribution in [0.4, 0.5) is 5.69 Å². The molecule has 182 valence electrons. The Morgan fingerprint density at radius 3 is 1.76 bits per heavy atom. The van der Waals surface area contributed by atoms with Gasteiger partial charge in [0.15, 0.2) is 0 Å². The molecule has 0 aliphatic heterocycles. The molecule has 0 spiro atoms. The molecule has 0 saturated carbocycles. The number of amides is 1. The summed E-state index contributed by atoms with van der Waals surface area (Å²) in [6.45, 7) is 0. The number of carbonyl (C=O) groups excluding carboxylic acids is 1. The smallest absolute Gasteiger partial charge is 0.259 e. The van der Waals surface area contributed by atoms with E-state index in [0.29, 0.717) is 15.7 Å². The van der Waals surface area contributed by atoms with Gasteiger partial charge in [-0.15, -0.1) is 0 Å². The molecule has 2 N–H and O–H groups in total. The molecule has 3 nitrogen and oxygen atoms in total. The van der Waals surface area contributed by atoms with Gasteiger partial charge in [-0.3, -0.25) is 4.79 Å². The number of phenolic OH excluding ortho intramolecular Hbond substituents is 1. The van der Waals surface area contributed by atoms with Gasteiger partial charge in [0, 0.05) is 15.7 Å². The van der Waals surface area contributed by atoms with E-state index in [4.69, 9.17) is 23.2 Å². The molecule has 0 heterocycles. The summed E-state index contributed by atoms with van der Waals surface area (Å²) in [5.41, 5.74) is 4.12. The number of rotatable bonds is 6. The fourth-order valence-corrected chi connectivity index (χ4v) is 5.25. The minimum atomic E-state index is -0.697. The van der Waals surface area contributed by atoms with Gasteiger partial charge in [0.25, 0.3) is 5.91 Å². The number of hydrogen-bond acceptors (Lipinski definition) is 2. The fourth-order valence-electron chi connectivity index (χ4n) is 4.81. The topological polar surface area (TPSA) is 49.3 Å². The predicted molar refractivity (Wildman–Crippen MR) is 151 cm³/mol. The van der Waals surface area contributed by atoms with Crippen LogP contribution in [-0.2, 0) is 5.41 Å². The van der Waals surface area contributed by atoms with Crippen LogP contribution in [0.1, 0.15) is 32.6 Å². The van der Waals surface area contributed by atoms with Crippen LogP contribution in [-0.4, -0.2) is 11.0 Å². The maximum Gasteiger partial charge on any atom is 0.259 e. The molecule has 0 fully saturated rings. The Morgan fingerprint density at radius 1 is 0.649 bits per heavy atom. The van der Waals surface area contributed by atoms with E-state index < -0.39 is 11.3 Å². The van der Waals surface area contributed by atoms with Crippen molar-refractivity contribution in [2.45, 2.75) is 5.41 Å². The predicted octanol–water partition coefficient (Wildman–Crippen LogP) is 8.33. The second-order valence-corrected chi connectivity index (χ2v) is 9.50. The molecule has 1 amide bonds. The lowest BCUT2D eigenvalue weighted by Crippen LogP contribution is -2.31. The van der Waals surface area contributed by atoms with Crippen LogP contribution >= 0.6 is 23.2 Å². The van der Waals surface area contributed by atoms with Crippen LogP contribution in [0.3, 0.4) is 0 Å². The molecule has 5 aromatic rings. The lowest BCUT2D eigenvalue weighted by Gasteiger charge is -2.37. The van der Waals surface area contributed by atoms with Crippen molar-refractivity contribution in [2.24, 2.45) is 0 Å². The van der Waals surface area contributed by atoms with E-state index >= 15 is 0 Å². The Hall–Kier alpha value is -4.05. The first kappa shape index (κ1) is 24.6. The Bertz CT molecular complexity index is 1500. The molecule has 0 radical (unpaired) electrons. The van der Waals surface area contributed by atoms with E-state index in [2.05, 4.69) is 35.6 Å². The van der Waals surface area contributed by atoms with Gasteiger partial charge in [-0.1, -0.05) is 114 Å². The molecule has 5 aromatic carbocycles. The van der Waals surface area contributed by atoms with Crippen molar-refractivity contribution in [3.8, 4) is 5.75 Å². The van der Waals surface area contributed by atoms with Crippen molar-refractivity contribution in [3.63, 3.8) is 0 Å². The molecule has 5 heteroatoms. The van der Waals surface area contributed by atoms with E-state index in [9.17, 15) is 9.90 Å². The first-order valence-corrected chi connectivity index (χ1v) is 12.5. The number of hydrogen-bond donors (Lipinski definition) is 2. The van der Waals surface area contributed by atoms with Crippen LogP contribution in [0, 0.1) is 0 Å². The van der Waals surface area contributed by atoms with E-state index in [1.54, 1.807) is 6.07 Å². The SMILES string of the molecule is O=C(Nc1ccc(C(c2ccccc2)(c2ccccc2)c2ccccc2Cl)cc1)c1ccc(Cl)cc1O. The van der Waals surface area contributed by atoms with E-state index in [-0.39, 0.29) is 11.3 Å². The highest BCUT2D eigenvalue weighted by atomic mass is 35.5. The van der Waals surface area contributed by atoms with Gasteiger partial charge in [0.2, 0.25) is 0 Å². The normalized spacial score (nSPS) is 11.2. The molecule has 0 aliphatic rings. The molecule has 0 saturated heterocycles. The van der Waals surface area contributed by atoms with Gasteiger partial charge < -0.3 is 10.4 Å². The zero-order chi connectivity index (χ0) is 25.8. The highest BCUT2D eigenvalue weighted by Crippen LogP contribution is 2.47. The monoisotopic (exact) mass is 523 g/mol. The van der Waals surface area contributed by atoms with Crippen LogP contribution < -0.4 is 5.32 Å². The van der Waals surface area contributed by atoms with Gasteiger partial charge in [-0.25, -0.2) is 0 Å². The Labute approximate surface area is 226 Å². The quantitative estimate of drug-likeness (QED) is 0.220. The van der Waals surface area contributed by atoms with Crippen molar-refractivity contribution in [2.75, 3.05) is 5.32 Å². The van der Waals surface area contributed by atoms with E-state index in [0.717, 1.165) is 22.3 Å². The summed E-state index contributed by atoms with van der Waals surface area (Å²) in [5.74, 6) is -0.599. The summed E-state index contributed by atoms with van der Waals surface area (Å²) >= 11 is 12.8. The number of anilines is 1. The zero-order valence-corrected chi connectivity index (χ0v) is 21.2. The number of nitrogens with one attached hydrogen (secondary N) is 1. The van der Waals surface area contributed by atoms with Gasteiger partial charge in [-0.05, 0) is 58.7 Å². The Kier molecular flexibility index (Phi) is 7.00. The summed E-state index contributed by atoms with van der Waals surface area (Å²) < 4.78 is 0. The molecule has 0 aromatic heterocycles. The van der Waals surface area contributed by atoms with E-state index in [1.807, 2.05) is 78.9 Å². The summed E-state index contributed by atoms with van der Waals surface area (Å²) in [7, 11) is 0.